The van der Waals surface area contributed by atoms with Gasteiger partial charge in [-0.05, 0) is 24.3 Å². The van der Waals surface area contributed by atoms with E-state index in [1.165, 1.54) is 34.9 Å². The van der Waals surface area contributed by atoms with Crippen molar-refractivity contribution in [3.05, 3.63) is 42.0 Å². The Labute approximate surface area is 97.5 Å². The van der Waals surface area contributed by atoms with E-state index in [-0.39, 0.29) is 0 Å². The Kier molecular flexibility index (Phi) is 3.45. The summed E-state index contributed by atoms with van der Waals surface area (Å²) in [5.41, 5.74) is 2.63. The second kappa shape index (κ2) is 5.02. The van der Waals surface area contributed by atoms with E-state index in [1.54, 1.807) is 0 Å². The summed E-state index contributed by atoms with van der Waals surface area (Å²) in [5.74, 6) is 0. The van der Waals surface area contributed by atoms with Gasteiger partial charge in [0.2, 0.25) is 0 Å². The molecule has 0 saturated heterocycles. The summed E-state index contributed by atoms with van der Waals surface area (Å²) >= 11 is 0. The minimum atomic E-state index is 1.06. The first-order chi connectivity index (χ1) is 7.83. The molecule has 0 amide bonds. The molecule has 0 aliphatic carbocycles. The number of unbranched alkanes of at least 4 members (excludes halogenated alkanes) is 1. The van der Waals surface area contributed by atoms with E-state index in [2.05, 4.69) is 55.6 Å². The molecular weight excluding hydrogens is 194 g/mol. The van der Waals surface area contributed by atoms with Gasteiger partial charge in [0.05, 0.1) is 0 Å². The van der Waals surface area contributed by atoms with Crippen LogP contribution in [0.2, 0.25) is 0 Å². The predicted molar refractivity (Wildman–Crippen MR) is 72.1 cm³/mol. The molecule has 0 saturated carbocycles. The van der Waals surface area contributed by atoms with Crippen molar-refractivity contribution in [1.82, 2.24) is 0 Å². The van der Waals surface area contributed by atoms with Crippen molar-refractivity contribution < 1.29 is 0 Å². The minimum absolute atomic E-state index is 1.06. The van der Waals surface area contributed by atoms with Crippen molar-refractivity contribution in [2.24, 2.45) is 0 Å². The number of benzene rings is 2. The molecule has 0 unspecified atom stereocenters. The molecule has 0 spiro atoms. The van der Waals surface area contributed by atoms with Crippen LogP contribution < -0.4 is 5.32 Å². The summed E-state index contributed by atoms with van der Waals surface area (Å²) in [6, 6.07) is 12.9. The van der Waals surface area contributed by atoms with Gasteiger partial charge in [-0.1, -0.05) is 49.7 Å². The van der Waals surface area contributed by atoms with E-state index >= 15 is 0 Å². The van der Waals surface area contributed by atoms with Crippen molar-refractivity contribution in [1.29, 1.82) is 0 Å². The van der Waals surface area contributed by atoms with Gasteiger partial charge < -0.3 is 5.32 Å². The largest absolute Gasteiger partial charge is 0.384 e. The Morgan fingerprint density at radius 1 is 1.06 bits per heavy atom. The smallest absolute Gasteiger partial charge is 0.0449 e. The number of anilines is 1. The van der Waals surface area contributed by atoms with Crippen molar-refractivity contribution in [2.75, 3.05) is 11.9 Å². The lowest BCUT2D eigenvalue weighted by atomic mass is 10.0. The van der Waals surface area contributed by atoms with Gasteiger partial charge in [-0.15, -0.1) is 0 Å². The van der Waals surface area contributed by atoms with E-state index in [0.717, 1.165) is 6.54 Å². The van der Waals surface area contributed by atoms with Crippen molar-refractivity contribution in [3.8, 4) is 0 Å². The van der Waals surface area contributed by atoms with Crippen LogP contribution in [0.25, 0.3) is 10.8 Å². The quantitative estimate of drug-likeness (QED) is 0.744. The molecule has 16 heavy (non-hydrogen) atoms. The molecule has 1 heteroatoms. The van der Waals surface area contributed by atoms with E-state index in [4.69, 9.17) is 0 Å². The standard InChI is InChI=1S/C15H19N/c1-3-4-11-16-15-12(2)9-10-13-7-5-6-8-14(13)15/h5-10,16H,3-4,11H2,1-2H3. The first-order valence-electron chi connectivity index (χ1n) is 6.05. The summed E-state index contributed by atoms with van der Waals surface area (Å²) in [6.45, 7) is 5.45. The lowest BCUT2D eigenvalue weighted by Gasteiger charge is -2.12. The van der Waals surface area contributed by atoms with Gasteiger partial charge in [-0.2, -0.15) is 0 Å². The Balaban J connectivity index is 2.37. The van der Waals surface area contributed by atoms with Gasteiger partial charge in [0.15, 0.2) is 0 Å². The second-order valence-corrected chi connectivity index (χ2v) is 4.26. The number of hydrogen-bond acceptors (Lipinski definition) is 1. The third-order valence-electron chi connectivity index (χ3n) is 2.97. The normalized spacial score (nSPS) is 10.6. The maximum atomic E-state index is 3.56. The van der Waals surface area contributed by atoms with Crippen LogP contribution in [-0.2, 0) is 0 Å². The molecule has 0 aliphatic rings. The molecule has 1 N–H and O–H groups in total. The van der Waals surface area contributed by atoms with Crippen LogP contribution in [0.1, 0.15) is 25.3 Å². The second-order valence-electron chi connectivity index (χ2n) is 4.26. The molecule has 0 radical (unpaired) electrons. The number of aryl methyl sites for hydroxylation is 1. The molecule has 0 heterocycles. The molecule has 2 aromatic rings. The molecule has 0 fully saturated rings. The minimum Gasteiger partial charge on any atom is -0.384 e. The lowest BCUT2D eigenvalue weighted by molar-refractivity contribution is 0.834. The maximum Gasteiger partial charge on any atom is 0.0449 e. The van der Waals surface area contributed by atoms with Crippen molar-refractivity contribution in [2.45, 2.75) is 26.7 Å². The van der Waals surface area contributed by atoms with Crippen LogP contribution in [0, 0.1) is 6.92 Å². The first-order valence-corrected chi connectivity index (χ1v) is 6.05. The van der Waals surface area contributed by atoms with Crippen LogP contribution in [0.5, 0.6) is 0 Å². The van der Waals surface area contributed by atoms with Gasteiger partial charge in [-0.25, -0.2) is 0 Å². The van der Waals surface area contributed by atoms with Crippen LogP contribution in [0.4, 0.5) is 5.69 Å². The number of nitrogens with one attached hydrogen (secondary N) is 1. The highest BCUT2D eigenvalue weighted by Crippen LogP contribution is 2.26. The molecule has 1 nitrogen and oxygen atoms in total. The van der Waals surface area contributed by atoms with Crippen LogP contribution in [0.15, 0.2) is 36.4 Å². The summed E-state index contributed by atoms with van der Waals surface area (Å²) in [6.07, 6.45) is 2.46. The zero-order valence-electron chi connectivity index (χ0n) is 10.1. The van der Waals surface area contributed by atoms with Crippen LogP contribution in [0.3, 0.4) is 0 Å². The maximum absolute atomic E-state index is 3.56. The molecule has 0 atom stereocenters. The fourth-order valence-corrected chi connectivity index (χ4v) is 2.01. The molecule has 0 bridgehead atoms. The molecule has 0 aromatic heterocycles. The summed E-state index contributed by atoms with van der Waals surface area (Å²) in [4.78, 5) is 0. The number of rotatable bonds is 4. The summed E-state index contributed by atoms with van der Waals surface area (Å²) in [7, 11) is 0. The molecule has 0 aliphatic heterocycles. The molecule has 2 rings (SSSR count). The Morgan fingerprint density at radius 3 is 2.69 bits per heavy atom. The Bertz CT molecular complexity index is 474. The van der Waals surface area contributed by atoms with Gasteiger partial charge in [0.25, 0.3) is 0 Å². The highest BCUT2D eigenvalue weighted by Gasteiger charge is 2.02. The average Bonchev–Trinajstić information content (AvgIpc) is 2.32. The fourth-order valence-electron chi connectivity index (χ4n) is 2.01. The van der Waals surface area contributed by atoms with Crippen molar-refractivity contribution in [3.63, 3.8) is 0 Å². The highest BCUT2D eigenvalue weighted by atomic mass is 14.9. The topological polar surface area (TPSA) is 12.0 Å². The summed E-state index contributed by atoms with van der Waals surface area (Å²) in [5, 5.41) is 6.20. The molecule has 2 aromatic carbocycles. The average molecular weight is 213 g/mol. The lowest BCUT2D eigenvalue weighted by Crippen LogP contribution is -2.03. The van der Waals surface area contributed by atoms with Crippen molar-refractivity contribution >= 4 is 16.5 Å². The Morgan fingerprint density at radius 2 is 1.88 bits per heavy atom. The fraction of sp³-hybridized carbons (Fsp3) is 0.333. The Hall–Kier alpha value is -1.50. The third-order valence-corrected chi connectivity index (χ3v) is 2.97. The van der Waals surface area contributed by atoms with Crippen LogP contribution >= 0.6 is 0 Å². The zero-order chi connectivity index (χ0) is 11.4. The van der Waals surface area contributed by atoms with Gasteiger partial charge in [-0.3, -0.25) is 0 Å². The molecule has 84 valence electrons. The number of fused-ring (bicyclic) bond motifs is 1. The first kappa shape index (κ1) is 11.0. The zero-order valence-corrected chi connectivity index (χ0v) is 10.1. The third kappa shape index (κ3) is 2.19. The van der Waals surface area contributed by atoms with Gasteiger partial charge in [0, 0.05) is 17.6 Å². The van der Waals surface area contributed by atoms with Crippen LogP contribution in [-0.4, -0.2) is 6.54 Å². The highest BCUT2D eigenvalue weighted by molar-refractivity contribution is 5.95. The number of hydrogen-bond donors (Lipinski definition) is 1. The van der Waals surface area contributed by atoms with Gasteiger partial charge >= 0.3 is 0 Å². The van der Waals surface area contributed by atoms with E-state index in [0.29, 0.717) is 0 Å². The predicted octanol–water partition coefficient (Wildman–Crippen LogP) is 4.36. The summed E-state index contributed by atoms with van der Waals surface area (Å²) < 4.78 is 0. The SMILES string of the molecule is CCCCNc1c(C)ccc2ccccc12. The van der Waals surface area contributed by atoms with Gasteiger partial charge in [0.1, 0.15) is 0 Å². The van der Waals surface area contributed by atoms with E-state index in [1.807, 2.05) is 0 Å². The monoisotopic (exact) mass is 213 g/mol. The van der Waals surface area contributed by atoms with E-state index < -0.39 is 0 Å². The molecular formula is C15H19N. The van der Waals surface area contributed by atoms with E-state index in [9.17, 15) is 0 Å².